The zero-order valence-corrected chi connectivity index (χ0v) is 10.7. The summed E-state index contributed by atoms with van der Waals surface area (Å²) in [4.78, 5) is 0. The molecule has 0 radical (unpaired) electrons. The molecule has 2 heteroatoms. The Morgan fingerprint density at radius 3 is 2.40 bits per heavy atom. The van der Waals surface area contributed by atoms with E-state index in [1.807, 2.05) is 0 Å². The first-order valence-electron chi connectivity index (χ1n) is 6.13. The van der Waals surface area contributed by atoms with E-state index in [2.05, 4.69) is 50.6 Å². The van der Waals surface area contributed by atoms with Crippen molar-refractivity contribution in [3.63, 3.8) is 0 Å². The topological polar surface area (TPSA) is 17.8 Å². The molecular formula is C13H24N2. The highest BCUT2D eigenvalue weighted by molar-refractivity contribution is 5.17. The number of rotatable bonds is 5. The number of aryl methyl sites for hydroxylation is 1. The molecule has 0 aliphatic rings. The molecule has 0 bridgehead atoms. The standard InChI is InChI=1S/C13H24N2/c1-6-8-11(7-2)13-9-12(10(3)4)14-15(13)5/h9-11H,6-8H2,1-5H3. The molecule has 1 aromatic heterocycles. The molecule has 0 saturated heterocycles. The van der Waals surface area contributed by atoms with E-state index in [1.165, 1.54) is 30.7 Å². The largest absolute Gasteiger partial charge is 0.272 e. The van der Waals surface area contributed by atoms with E-state index in [9.17, 15) is 0 Å². The van der Waals surface area contributed by atoms with Crippen molar-refractivity contribution in [2.75, 3.05) is 0 Å². The Morgan fingerprint density at radius 2 is 2.00 bits per heavy atom. The lowest BCUT2D eigenvalue weighted by Crippen LogP contribution is -2.04. The molecule has 1 heterocycles. The van der Waals surface area contributed by atoms with Crippen LogP contribution in [0.5, 0.6) is 0 Å². The second-order valence-electron chi connectivity index (χ2n) is 4.67. The summed E-state index contributed by atoms with van der Waals surface area (Å²) in [6.45, 7) is 8.92. The first-order chi connectivity index (χ1) is 7.10. The Morgan fingerprint density at radius 1 is 1.33 bits per heavy atom. The summed E-state index contributed by atoms with van der Waals surface area (Å²) in [5, 5.41) is 4.58. The molecule has 1 unspecified atom stereocenters. The molecule has 0 aromatic carbocycles. The van der Waals surface area contributed by atoms with Gasteiger partial charge in [0.05, 0.1) is 5.69 Å². The maximum Gasteiger partial charge on any atom is 0.0652 e. The zero-order chi connectivity index (χ0) is 11.4. The first-order valence-corrected chi connectivity index (χ1v) is 6.13. The maximum absolute atomic E-state index is 4.58. The summed E-state index contributed by atoms with van der Waals surface area (Å²) in [5.41, 5.74) is 2.63. The fourth-order valence-corrected chi connectivity index (χ4v) is 2.08. The van der Waals surface area contributed by atoms with Gasteiger partial charge in [-0.3, -0.25) is 4.68 Å². The Labute approximate surface area is 93.7 Å². The van der Waals surface area contributed by atoms with E-state index in [0.717, 1.165) is 0 Å². The van der Waals surface area contributed by atoms with Crippen LogP contribution >= 0.6 is 0 Å². The van der Waals surface area contributed by atoms with Crippen molar-refractivity contribution in [3.8, 4) is 0 Å². The van der Waals surface area contributed by atoms with Crippen molar-refractivity contribution >= 4 is 0 Å². The van der Waals surface area contributed by atoms with Gasteiger partial charge in [-0.25, -0.2) is 0 Å². The van der Waals surface area contributed by atoms with Crippen molar-refractivity contribution in [2.45, 2.75) is 58.8 Å². The lowest BCUT2D eigenvalue weighted by molar-refractivity contribution is 0.543. The van der Waals surface area contributed by atoms with E-state index in [1.54, 1.807) is 0 Å². The highest BCUT2D eigenvalue weighted by Crippen LogP contribution is 2.26. The minimum atomic E-state index is 0.532. The molecule has 0 amide bonds. The summed E-state index contributed by atoms with van der Waals surface area (Å²) < 4.78 is 2.07. The Hall–Kier alpha value is -0.790. The third-order valence-corrected chi connectivity index (χ3v) is 3.07. The monoisotopic (exact) mass is 208 g/mol. The predicted octanol–water partition coefficient (Wildman–Crippen LogP) is 3.84. The zero-order valence-electron chi connectivity index (χ0n) is 10.7. The van der Waals surface area contributed by atoms with Crippen molar-refractivity contribution in [2.24, 2.45) is 7.05 Å². The van der Waals surface area contributed by atoms with Crippen LogP contribution in [-0.4, -0.2) is 9.78 Å². The predicted molar refractivity (Wildman–Crippen MR) is 65.2 cm³/mol. The van der Waals surface area contributed by atoms with Crippen LogP contribution in [0, 0.1) is 0 Å². The van der Waals surface area contributed by atoms with Gasteiger partial charge in [0.25, 0.3) is 0 Å². The average Bonchev–Trinajstić information content (AvgIpc) is 2.57. The third-order valence-electron chi connectivity index (χ3n) is 3.07. The van der Waals surface area contributed by atoms with Crippen LogP contribution in [-0.2, 0) is 7.05 Å². The molecule has 0 spiro atoms. The summed E-state index contributed by atoms with van der Waals surface area (Å²) in [6, 6.07) is 2.29. The molecule has 0 N–H and O–H groups in total. The Bertz CT molecular complexity index is 299. The van der Waals surface area contributed by atoms with Gasteiger partial charge in [-0.05, 0) is 24.8 Å². The Kier molecular flexibility index (Phi) is 4.37. The molecule has 15 heavy (non-hydrogen) atoms. The van der Waals surface area contributed by atoms with Gasteiger partial charge in [0.2, 0.25) is 0 Å². The lowest BCUT2D eigenvalue weighted by atomic mass is 9.96. The fraction of sp³-hybridized carbons (Fsp3) is 0.769. The Balaban J connectivity index is 2.91. The van der Waals surface area contributed by atoms with E-state index in [4.69, 9.17) is 0 Å². The highest BCUT2D eigenvalue weighted by Gasteiger charge is 2.15. The smallest absolute Gasteiger partial charge is 0.0652 e. The minimum absolute atomic E-state index is 0.532. The van der Waals surface area contributed by atoms with Crippen molar-refractivity contribution in [1.29, 1.82) is 0 Å². The molecule has 0 aliphatic carbocycles. The van der Waals surface area contributed by atoms with Crippen LogP contribution < -0.4 is 0 Å². The van der Waals surface area contributed by atoms with Gasteiger partial charge in [-0.1, -0.05) is 34.1 Å². The number of hydrogen-bond acceptors (Lipinski definition) is 1. The van der Waals surface area contributed by atoms with Crippen LogP contribution in [0.1, 0.15) is 70.2 Å². The van der Waals surface area contributed by atoms with E-state index < -0.39 is 0 Å². The number of nitrogens with zero attached hydrogens (tertiary/aromatic N) is 2. The van der Waals surface area contributed by atoms with Crippen LogP contribution in [0.3, 0.4) is 0 Å². The number of aromatic nitrogens is 2. The first kappa shape index (κ1) is 12.3. The lowest BCUT2D eigenvalue weighted by Gasteiger charge is -2.13. The molecule has 86 valence electrons. The van der Waals surface area contributed by atoms with Crippen molar-refractivity contribution in [1.82, 2.24) is 9.78 Å². The van der Waals surface area contributed by atoms with Crippen LogP contribution in [0.2, 0.25) is 0 Å². The molecule has 2 nitrogen and oxygen atoms in total. The summed E-state index contributed by atoms with van der Waals surface area (Å²) in [7, 11) is 2.07. The molecular weight excluding hydrogens is 184 g/mol. The van der Waals surface area contributed by atoms with Gasteiger partial charge in [-0.15, -0.1) is 0 Å². The van der Waals surface area contributed by atoms with Crippen LogP contribution in [0.15, 0.2) is 6.07 Å². The fourth-order valence-electron chi connectivity index (χ4n) is 2.08. The molecule has 0 aliphatic heterocycles. The van der Waals surface area contributed by atoms with Crippen molar-refractivity contribution < 1.29 is 0 Å². The van der Waals surface area contributed by atoms with Gasteiger partial charge in [0.15, 0.2) is 0 Å². The van der Waals surface area contributed by atoms with Gasteiger partial charge in [0.1, 0.15) is 0 Å². The van der Waals surface area contributed by atoms with E-state index in [0.29, 0.717) is 11.8 Å². The number of hydrogen-bond donors (Lipinski definition) is 0. The van der Waals surface area contributed by atoms with Crippen molar-refractivity contribution in [3.05, 3.63) is 17.5 Å². The summed E-state index contributed by atoms with van der Waals surface area (Å²) in [6.07, 6.45) is 3.74. The third kappa shape index (κ3) is 2.83. The van der Waals surface area contributed by atoms with E-state index >= 15 is 0 Å². The van der Waals surface area contributed by atoms with Gasteiger partial charge >= 0.3 is 0 Å². The SMILES string of the molecule is CCCC(CC)c1cc(C(C)C)nn1C. The molecule has 0 saturated carbocycles. The molecule has 1 atom stereocenters. The normalized spacial score (nSPS) is 13.5. The van der Waals surface area contributed by atoms with Gasteiger partial charge in [0, 0.05) is 18.7 Å². The summed E-state index contributed by atoms with van der Waals surface area (Å²) in [5.74, 6) is 1.21. The molecule has 1 rings (SSSR count). The maximum atomic E-state index is 4.58. The second kappa shape index (κ2) is 5.34. The van der Waals surface area contributed by atoms with Crippen LogP contribution in [0.4, 0.5) is 0 Å². The van der Waals surface area contributed by atoms with E-state index in [-0.39, 0.29) is 0 Å². The minimum Gasteiger partial charge on any atom is -0.272 e. The average molecular weight is 208 g/mol. The summed E-state index contributed by atoms with van der Waals surface area (Å²) >= 11 is 0. The van der Waals surface area contributed by atoms with Gasteiger partial charge < -0.3 is 0 Å². The molecule has 1 aromatic rings. The van der Waals surface area contributed by atoms with Crippen LogP contribution in [0.25, 0.3) is 0 Å². The second-order valence-corrected chi connectivity index (χ2v) is 4.67. The highest BCUT2D eigenvalue weighted by atomic mass is 15.3. The quantitative estimate of drug-likeness (QED) is 0.719. The van der Waals surface area contributed by atoms with Gasteiger partial charge in [-0.2, -0.15) is 5.10 Å². The molecule has 0 fully saturated rings.